The number of aromatic amines is 1. The molecule has 6 atom stereocenters. The Labute approximate surface area is 368 Å². The first-order valence-corrected chi connectivity index (χ1v) is 20.9. The molecule has 1 aromatic heterocycles. The van der Waals surface area contributed by atoms with Gasteiger partial charge in [-0.25, -0.2) is 4.79 Å². The van der Waals surface area contributed by atoms with Crippen LogP contribution in [0.3, 0.4) is 0 Å². The number of benzene rings is 2. The van der Waals surface area contributed by atoms with Crippen molar-refractivity contribution in [2.45, 2.75) is 107 Å². The molecule has 1 fully saturated rings. The standard InChI is InChI=1S/C43H56N8O13/c1-3-4-10-33(40(60)49-32(43(63)64)21-37(56)57)50(2)41(61)31(20-25-22-45-29-9-6-5-8-27(25)29)47-35(53)23-46-39(59)34-11-7-18-51(34)42(62)30(19-24-12-14-26(52)15-13-24)48-38(58)28(44)16-17-36(54)55/h5-6,8-9,12-15,22,28,30-34,45,52H,3-4,7,10-11,16-21,23,44H2,1-2H3,(H,46,59)(H,47,53)(H,48,58)(H,49,60)(H,54,55)(H,56,57)(H,63,64)/t28-,30+,31+,32+,33+,34+/m1/s1. The molecule has 0 aliphatic carbocycles. The topological polar surface area (TPSA) is 331 Å². The summed E-state index contributed by atoms with van der Waals surface area (Å²) in [5.41, 5.74) is 7.86. The Bertz CT molecular complexity index is 2180. The van der Waals surface area contributed by atoms with E-state index in [0.29, 0.717) is 30.4 Å². The fraction of sp³-hybridized carbons (Fsp3) is 0.465. The van der Waals surface area contributed by atoms with E-state index in [1.165, 1.54) is 24.1 Å². The number of rotatable bonds is 24. The highest BCUT2D eigenvalue weighted by atomic mass is 16.4. The third-order valence-corrected chi connectivity index (χ3v) is 10.9. The van der Waals surface area contributed by atoms with Crippen LogP contribution in [0.15, 0.2) is 54.7 Å². The highest BCUT2D eigenvalue weighted by molar-refractivity contribution is 5.97. The number of likely N-dealkylation sites (N-methyl/N-ethyl adjacent to an activating group) is 1. The smallest absolute Gasteiger partial charge is 0.326 e. The van der Waals surface area contributed by atoms with Crippen LogP contribution in [0, 0.1) is 0 Å². The summed E-state index contributed by atoms with van der Waals surface area (Å²) in [5.74, 6) is -8.78. The molecule has 64 heavy (non-hydrogen) atoms. The van der Waals surface area contributed by atoms with Gasteiger partial charge in [0.1, 0.15) is 36.0 Å². The number of nitrogens with zero attached hydrogens (tertiary/aromatic N) is 2. The molecular formula is C43H56N8O13. The maximum absolute atomic E-state index is 14.3. The predicted octanol–water partition coefficient (Wildman–Crippen LogP) is -0.0111. The van der Waals surface area contributed by atoms with E-state index in [1.54, 1.807) is 30.5 Å². The van der Waals surface area contributed by atoms with Gasteiger partial charge in [-0.05, 0) is 55.0 Å². The van der Waals surface area contributed by atoms with Crippen LogP contribution in [0.25, 0.3) is 10.9 Å². The monoisotopic (exact) mass is 892 g/mol. The quantitative estimate of drug-likeness (QED) is 0.0566. The van der Waals surface area contributed by atoms with E-state index in [0.717, 1.165) is 15.8 Å². The maximum atomic E-state index is 14.3. The lowest BCUT2D eigenvalue weighted by Gasteiger charge is -2.32. The van der Waals surface area contributed by atoms with E-state index < -0.39 is 103 Å². The lowest BCUT2D eigenvalue weighted by molar-refractivity contribution is -0.149. The summed E-state index contributed by atoms with van der Waals surface area (Å²) in [6.07, 6.45) is 1.76. The van der Waals surface area contributed by atoms with Crippen LogP contribution in [0.1, 0.15) is 69.4 Å². The zero-order chi connectivity index (χ0) is 47.1. The molecular weight excluding hydrogens is 837 g/mol. The molecule has 1 aliphatic heterocycles. The van der Waals surface area contributed by atoms with E-state index in [1.807, 2.05) is 19.1 Å². The van der Waals surface area contributed by atoms with Crippen molar-refractivity contribution in [3.05, 3.63) is 65.9 Å². The number of phenols is 1. The molecule has 0 bridgehead atoms. The first-order chi connectivity index (χ1) is 30.4. The number of aliphatic carboxylic acids is 3. The molecule has 3 aromatic rings. The van der Waals surface area contributed by atoms with Gasteiger partial charge >= 0.3 is 17.9 Å². The molecule has 0 radical (unpaired) electrons. The number of carbonyl (C=O) groups excluding carboxylic acids is 6. The zero-order valence-corrected chi connectivity index (χ0v) is 35.6. The van der Waals surface area contributed by atoms with Crippen molar-refractivity contribution in [3.8, 4) is 5.75 Å². The summed E-state index contributed by atoms with van der Waals surface area (Å²) < 4.78 is 0. The van der Waals surface area contributed by atoms with E-state index in [2.05, 4.69) is 26.3 Å². The van der Waals surface area contributed by atoms with E-state index in [9.17, 15) is 58.5 Å². The number of hydrogen-bond acceptors (Lipinski definition) is 11. The molecule has 2 heterocycles. The highest BCUT2D eigenvalue weighted by Crippen LogP contribution is 2.22. The van der Waals surface area contributed by atoms with E-state index in [4.69, 9.17) is 10.8 Å². The Kier molecular flexibility index (Phi) is 18.2. The van der Waals surface area contributed by atoms with Crippen LogP contribution < -0.4 is 27.0 Å². The number of amides is 6. The number of hydrogen-bond donors (Lipinski definition) is 10. The van der Waals surface area contributed by atoms with Crippen LogP contribution in [0.2, 0.25) is 0 Å². The number of para-hydroxylation sites is 1. The molecule has 1 aliphatic rings. The van der Waals surface area contributed by atoms with Crippen LogP contribution in [-0.4, -0.2) is 145 Å². The molecule has 0 unspecified atom stereocenters. The number of carboxylic acid groups (broad SMARTS) is 3. The highest BCUT2D eigenvalue weighted by Gasteiger charge is 2.39. The van der Waals surface area contributed by atoms with Crippen molar-refractivity contribution in [1.29, 1.82) is 0 Å². The number of phenolic OH excluding ortho intramolecular Hbond substituents is 1. The number of aromatic hydroxyl groups is 1. The predicted molar refractivity (Wildman–Crippen MR) is 228 cm³/mol. The molecule has 11 N–H and O–H groups in total. The zero-order valence-electron chi connectivity index (χ0n) is 35.6. The van der Waals surface area contributed by atoms with E-state index >= 15 is 0 Å². The van der Waals surface area contributed by atoms with Crippen molar-refractivity contribution in [3.63, 3.8) is 0 Å². The van der Waals surface area contributed by atoms with Gasteiger partial charge in [-0.2, -0.15) is 0 Å². The fourth-order valence-electron chi connectivity index (χ4n) is 7.45. The van der Waals surface area contributed by atoms with Gasteiger partial charge in [-0.1, -0.05) is 50.1 Å². The number of fused-ring (bicyclic) bond motifs is 1. The van der Waals surface area contributed by atoms with Crippen molar-refractivity contribution < 1.29 is 63.6 Å². The average Bonchev–Trinajstić information content (AvgIpc) is 3.92. The van der Waals surface area contributed by atoms with Gasteiger partial charge < -0.3 is 62.2 Å². The van der Waals surface area contributed by atoms with Crippen LogP contribution in [0.4, 0.5) is 0 Å². The lowest BCUT2D eigenvalue weighted by atomic mass is 10.0. The first kappa shape index (κ1) is 49.6. The van der Waals surface area contributed by atoms with Crippen LogP contribution in [0.5, 0.6) is 5.75 Å². The average molecular weight is 893 g/mol. The Balaban J connectivity index is 1.51. The minimum atomic E-state index is -1.77. The molecule has 0 spiro atoms. The van der Waals surface area contributed by atoms with Gasteiger partial charge in [0, 0.05) is 50.0 Å². The second kappa shape index (κ2) is 23.4. The Morgan fingerprint density at radius 1 is 0.859 bits per heavy atom. The van der Waals surface area contributed by atoms with Crippen LogP contribution >= 0.6 is 0 Å². The number of aromatic nitrogens is 1. The largest absolute Gasteiger partial charge is 0.508 e. The van der Waals surface area contributed by atoms with Gasteiger partial charge in [-0.3, -0.25) is 38.4 Å². The number of nitrogens with one attached hydrogen (secondary N) is 5. The molecule has 0 saturated carbocycles. The molecule has 2 aromatic carbocycles. The molecule has 6 amide bonds. The van der Waals surface area contributed by atoms with Gasteiger partial charge in [0.2, 0.25) is 35.4 Å². The summed E-state index contributed by atoms with van der Waals surface area (Å²) >= 11 is 0. The SMILES string of the molecule is CCCC[C@@H](C(=O)N[C@@H](CC(=O)O)C(=O)O)N(C)C(=O)[C@H](Cc1c[nH]c2ccccc12)NC(=O)CNC(=O)[C@@H]1CCCN1C(=O)[C@H](Cc1ccc(O)cc1)NC(=O)[C@H](N)CCC(=O)O. The number of likely N-dealkylation sites (tertiary alicyclic amines) is 1. The van der Waals surface area contributed by atoms with Gasteiger partial charge in [-0.15, -0.1) is 0 Å². The Hall–Kier alpha value is -7.03. The van der Waals surface area contributed by atoms with Crippen molar-refractivity contribution in [2.75, 3.05) is 20.1 Å². The normalized spacial score (nSPS) is 15.8. The second-order valence-corrected chi connectivity index (χ2v) is 15.7. The van der Waals surface area contributed by atoms with Crippen molar-refractivity contribution in [2.24, 2.45) is 5.73 Å². The molecule has 1 saturated heterocycles. The molecule has 21 heteroatoms. The fourth-order valence-corrected chi connectivity index (χ4v) is 7.45. The number of carboxylic acids is 3. The molecule has 4 rings (SSSR count). The molecule has 21 nitrogen and oxygen atoms in total. The minimum Gasteiger partial charge on any atom is -0.508 e. The Morgan fingerprint density at radius 3 is 2.20 bits per heavy atom. The first-order valence-electron chi connectivity index (χ1n) is 20.9. The second-order valence-electron chi connectivity index (χ2n) is 15.7. The third kappa shape index (κ3) is 14.0. The summed E-state index contributed by atoms with van der Waals surface area (Å²) in [6.45, 7) is 1.33. The van der Waals surface area contributed by atoms with Gasteiger partial charge in [0.25, 0.3) is 0 Å². The van der Waals surface area contributed by atoms with Crippen LogP contribution in [-0.2, 0) is 56.0 Å². The lowest BCUT2D eigenvalue weighted by Crippen LogP contribution is -2.58. The minimum absolute atomic E-state index is 0.0310. The van der Waals surface area contributed by atoms with Crippen molar-refractivity contribution >= 4 is 64.3 Å². The summed E-state index contributed by atoms with van der Waals surface area (Å²) in [4.78, 5) is 122. The summed E-state index contributed by atoms with van der Waals surface area (Å²) in [6, 6.07) is 5.20. The summed E-state index contributed by atoms with van der Waals surface area (Å²) in [7, 11) is 1.32. The Morgan fingerprint density at radius 2 is 1.55 bits per heavy atom. The third-order valence-electron chi connectivity index (χ3n) is 10.9. The number of nitrogens with two attached hydrogens (primary N) is 1. The molecule has 346 valence electrons. The number of H-pyrrole nitrogens is 1. The van der Waals surface area contributed by atoms with Gasteiger partial charge in [0.15, 0.2) is 0 Å². The van der Waals surface area contributed by atoms with Crippen molar-refractivity contribution in [1.82, 2.24) is 36.1 Å². The maximum Gasteiger partial charge on any atom is 0.326 e. The van der Waals surface area contributed by atoms with E-state index in [-0.39, 0.29) is 50.8 Å². The van der Waals surface area contributed by atoms with Gasteiger partial charge in [0.05, 0.1) is 19.0 Å². The summed E-state index contributed by atoms with van der Waals surface area (Å²) in [5, 5.41) is 48.3. The number of carbonyl (C=O) groups is 9. The number of unbranched alkanes of at least 4 members (excludes halogenated alkanes) is 1.